The van der Waals surface area contributed by atoms with Crippen molar-refractivity contribution in [2.24, 2.45) is 0 Å². The Balaban J connectivity index is 1.82. The monoisotopic (exact) mass is 506 g/mol. The average Bonchev–Trinajstić information content (AvgIpc) is 3.33. The second-order valence-corrected chi connectivity index (χ2v) is 9.87. The standard InChI is InChI=1S/C29H38N4O2S/c1-7-11-21(8-2)18-36-22-12-13-25-23(16-22)24(28(34)32-25)17-26-19(5)27(20(6)31-26)29(35)30-14-15-33(9-3)10-4/h7-8,11-13,16-17,31H,9-10,14-15,18H2,1-6H3,(H,30,35)(H,32,34)/b11-7-,21-8+,24-17-. The van der Waals surface area contributed by atoms with E-state index in [1.165, 1.54) is 5.57 Å². The second-order valence-electron chi connectivity index (χ2n) is 8.82. The van der Waals surface area contributed by atoms with Crippen molar-refractivity contribution in [3.8, 4) is 0 Å². The van der Waals surface area contributed by atoms with Gasteiger partial charge in [-0.05, 0) is 76.2 Å². The minimum absolute atomic E-state index is 0.0890. The minimum atomic E-state index is -0.132. The molecular weight excluding hydrogens is 468 g/mol. The number of anilines is 1. The Morgan fingerprint density at radius 1 is 1.17 bits per heavy atom. The van der Waals surface area contributed by atoms with Crippen molar-refractivity contribution in [2.45, 2.75) is 46.4 Å². The Morgan fingerprint density at radius 2 is 1.92 bits per heavy atom. The van der Waals surface area contributed by atoms with Crippen LogP contribution in [0.1, 0.15) is 60.6 Å². The molecule has 0 radical (unpaired) electrons. The number of rotatable bonds is 11. The van der Waals surface area contributed by atoms with Crippen molar-refractivity contribution in [1.29, 1.82) is 0 Å². The summed E-state index contributed by atoms with van der Waals surface area (Å²) in [5, 5.41) is 6.01. The summed E-state index contributed by atoms with van der Waals surface area (Å²) in [4.78, 5) is 32.5. The lowest BCUT2D eigenvalue weighted by Crippen LogP contribution is -2.35. The Labute approximate surface area is 219 Å². The van der Waals surface area contributed by atoms with E-state index in [4.69, 9.17) is 0 Å². The van der Waals surface area contributed by atoms with Gasteiger partial charge < -0.3 is 20.5 Å². The molecule has 0 atom stereocenters. The molecule has 2 aromatic rings. The van der Waals surface area contributed by atoms with Crippen molar-refractivity contribution in [1.82, 2.24) is 15.2 Å². The number of fused-ring (bicyclic) bond motifs is 1. The van der Waals surface area contributed by atoms with Gasteiger partial charge in [-0.25, -0.2) is 0 Å². The third kappa shape index (κ3) is 6.39. The van der Waals surface area contributed by atoms with Crippen LogP contribution in [0.3, 0.4) is 0 Å². The highest BCUT2D eigenvalue weighted by molar-refractivity contribution is 7.99. The van der Waals surface area contributed by atoms with Crippen LogP contribution >= 0.6 is 11.8 Å². The maximum atomic E-state index is 12.9. The van der Waals surface area contributed by atoms with Crippen molar-refractivity contribution in [3.63, 3.8) is 0 Å². The molecule has 0 bridgehead atoms. The molecule has 1 aromatic heterocycles. The topological polar surface area (TPSA) is 77.2 Å². The van der Waals surface area contributed by atoms with Gasteiger partial charge in [-0.3, -0.25) is 9.59 Å². The highest BCUT2D eigenvalue weighted by Gasteiger charge is 2.26. The minimum Gasteiger partial charge on any atom is -0.358 e. The number of allylic oxidation sites excluding steroid dienone is 3. The number of amides is 2. The summed E-state index contributed by atoms with van der Waals surface area (Å²) >= 11 is 1.74. The molecule has 1 aliphatic heterocycles. The SMILES string of the molecule is C/C=C\C(=C/C)CSc1ccc2c(c1)/C(=C/c1[nH]c(C)c(C(=O)NCCN(CC)CC)c1C)C(=O)N2. The Morgan fingerprint density at radius 3 is 2.58 bits per heavy atom. The average molecular weight is 507 g/mol. The molecule has 36 heavy (non-hydrogen) atoms. The van der Waals surface area contributed by atoms with Gasteiger partial charge in [0.25, 0.3) is 11.8 Å². The number of aryl methyl sites for hydroxylation is 1. The van der Waals surface area contributed by atoms with E-state index in [0.717, 1.165) is 58.5 Å². The number of benzene rings is 1. The van der Waals surface area contributed by atoms with E-state index < -0.39 is 0 Å². The molecule has 0 spiro atoms. The zero-order valence-electron chi connectivity index (χ0n) is 22.2. The second kappa shape index (κ2) is 12.8. The summed E-state index contributed by atoms with van der Waals surface area (Å²) in [5.74, 6) is 0.642. The molecule has 0 saturated heterocycles. The number of hydrogen-bond donors (Lipinski definition) is 3. The lowest BCUT2D eigenvalue weighted by atomic mass is 10.0. The summed E-state index contributed by atoms with van der Waals surface area (Å²) in [7, 11) is 0. The first-order valence-electron chi connectivity index (χ1n) is 12.6. The van der Waals surface area contributed by atoms with E-state index in [1.807, 2.05) is 52.0 Å². The molecule has 0 aliphatic carbocycles. The lowest BCUT2D eigenvalue weighted by Gasteiger charge is -2.18. The number of carbonyl (C=O) groups excluding carboxylic acids is 2. The fourth-order valence-corrected chi connectivity index (χ4v) is 5.33. The van der Waals surface area contributed by atoms with E-state index in [0.29, 0.717) is 17.7 Å². The highest BCUT2D eigenvalue weighted by Crippen LogP contribution is 2.37. The number of nitrogens with zero attached hydrogens (tertiary/aromatic N) is 1. The molecule has 192 valence electrons. The molecule has 2 heterocycles. The summed E-state index contributed by atoms with van der Waals surface area (Å²) in [6.45, 7) is 15.5. The van der Waals surface area contributed by atoms with Crippen LogP contribution in [0.15, 0.2) is 46.9 Å². The zero-order chi connectivity index (χ0) is 26.2. The molecule has 6 nitrogen and oxygen atoms in total. The zero-order valence-corrected chi connectivity index (χ0v) is 23.1. The maximum absolute atomic E-state index is 12.9. The van der Waals surface area contributed by atoms with Gasteiger partial charge in [0.15, 0.2) is 0 Å². The largest absolute Gasteiger partial charge is 0.358 e. The van der Waals surface area contributed by atoms with Gasteiger partial charge in [-0.1, -0.05) is 32.1 Å². The van der Waals surface area contributed by atoms with Gasteiger partial charge in [-0.2, -0.15) is 0 Å². The first-order chi connectivity index (χ1) is 17.3. The number of likely N-dealkylation sites (N-methyl/N-ethyl adjacent to an activating group) is 1. The van der Waals surface area contributed by atoms with E-state index in [2.05, 4.69) is 52.6 Å². The summed E-state index contributed by atoms with van der Waals surface area (Å²) in [6.07, 6.45) is 8.14. The number of carbonyl (C=O) groups is 2. The lowest BCUT2D eigenvalue weighted by molar-refractivity contribution is -0.110. The molecule has 1 aliphatic rings. The van der Waals surface area contributed by atoms with Crippen LogP contribution in [0.5, 0.6) is 0 Å². The van der Waals surface area contributed by atoms with E-state index in [9.17, 15) is 9.59 Å². The fraction of sp³-hybridized carbons (Fsp3) is 0.379. The maximum Gasteiger partial charge on any atom is 0.256 e. The Kier molecular flexibility index (Phi) is 9.79. The first-order valence-corrected chi connectivity index (χ1v) is 13.6. The molecule has 2 amide bonds. The number of nitrogens with one attached hydrogen (secondary N) is 3. The van der Waals surface area contributed by atoms with Gasteiger partial charge in [0.2, 0.25) is 0 Å². The summed E-state index contributed by atoms with van der Waals surface area (Å²) in [5.41, 5.74) is 6.62. The number of hydrogen-bond acceptors (Lipinski definition) is 4. The highest BCUT2D eigenvalue weighted by atomic mass is 32.2. The van der Waals surface area contributed by atoms with Crippen LogP contribution in [0.4, 0.5) is 5.69 Å². The van der Waals surface area contributed by atoms with Gasteiger partial charge in [0.1, 0.15) is 0 Å². The normalized spacial score (nSPS) is 14.7. The molecule has 0 unspecified atom stereocenters. The molecular formula is C29H38N4O2S. The molecule has 0 saturated carbocycles. The van der Waals surface area contributed by atoms with Gasteiger partial charge in [-0.15, -0.1) is 11.8 Å². The Bertz CT molecular complexity index is 1200. The quantitative estimate of drug-likeness (QED) is 0.204. The van der Waals surface area contributed by atoms with Crippen LogP contribution in [0.2, 0.25) is 0 Å². The first kappa shape index (κ1) is 27.6. The van der Waals surface area contributed by atoms with E-state index >= 15 is 0 Å². The predicted molar refractivity (Wildman–Crippen MR) is 153 cm³/mol. The van der Waals surface area contributed by atoms with Gasteiger partial charge in [0, 0.05) is 46.4 Å². The third-order valence-electron chi connectivity index (χ3n) is 6.53. The van der Waals surface area contributed by atoms with Gasteiger partial charge >= 0.3 is 0 Å². The van der Waals surface area contributed by atoms with Crippen LogP contribution in [0.25, 0.3) is 11.6 Å². The van der Waals surface area contributed by atoms with Crippen LogP contribution in [-0.2, 0) is 4.79 Å². The molecule has 0 fully saturated rings. The Hall–Kier alpha value is -3.03. The van der Waals surface area contributed by atoms with E-state index in [-0.39, 0.29) is 11.8 Å². The molecule has 3 rings (SSSR count). The molecule has 7 heteroatoms. The van der Waals surface area contributed by atoms with Crippen LogP contribution < -0.4 is 10.6 Å². The van der Waals surface area contributed by atoms with Crippen molar-refractivity contribution < 1.29 is 9.59 Å². The number of thioether (sulfide) groups is 1. The number of aromatic amines is 1. The van der Waals surface area contributed by atoms with Crippen LogP contribution in [0, 0.1) is 13.8 Å². The van der Waals surface area contributed by atoms with E-state index in [1.54, 1.807) is 11.8 Å². The fourth-order valence-electron chi connectivity index (χ4n) is 4.37. The van der Waals surface area contributed by atoms with Crippen molar-refractivity contribution in [2.75, 3.05) is 37.2 Å². The van der Waals surface area contributed by atoms with Crippen molar-refractivity contribution >= 4 is 40.9 Å². The van der Waals surface area contributed by atoms with Crippen molar-refractivity contribution in [3.05, 3.63) is 70.1 Å². The number of aromatic nitrogens is 1. The molecule has 3 N–H and O–H groups in total. The number of H-pyrrole nitrogens is 1. The van der Waals surface area contributed by atoms with Crippen LogP contribution in [-0.4, -0.2) is 53.6 Å². The summed E-state index contributed by atoms with van der Waals surface area (Å²) in [6, 6.07) is 6.07. The predicted octanol–water partition coefficient (Wildman–Crippen LogP) is 5.81. The smallest absolute Gasteiger partial charge is 0.256 e. The van der Waals surface area contributed by atoms with Gasteiger partial charge in [0.05, 0.1) is 11.1 Å². The third-order valence-corrected chi connectivity index (χ3v) is 7.60. The summed E-state index contributed by atoms with van der Waals surface area (Å²) < 4.78 is 0. The molecule has 1 aromatic carbocycles.